The molecule has 1 aliphatic heterocycles. The van der Waals surface area contributed by atoms with Gasteiger partial charge in [-0.25, -0.2) is 0 Å². The summed E-state index contributed by atoms with van der Waals surface area (Å²) in [4.78, 5) is 20.7. The fourth-order valence-corrected chi connectivity index (χ4v) is 1.86. The van der Waals surface area contributed by atoms with E-state index in [0.29, 0.717) is 19.6 Å². The quantitative estimate of drug-likeness (QED) is 0.747. The Morgan fingerprint density at radius 1 is 1.17 bits per heavy atom. The summed E-state index contributed by atoms with van der Waals surface area (Å²) in [6, 6.07) is 7.86. The standard InChI is InChI=1S/C13H15NO4/c15-12(14-16)6-5-10-1-3-11(4-2-10)9-13-17-7-8-18-13/h1-4,13H,5-9H2. The lowest BCUT2D eigenvalue weighted by atomic mass is 10.1. The number of amides is 1. The Balaban J connectivity index is 1.84. The van der Waals surface area contributed by atoms with E-state index in [9.17, 15) is 9.70 Å². The average Bonchev–Trinajstić information content (AvgIpc) is 2.90. The van der Waals surface area contributed by atoms with Crippen LogP contribution < -0.4 is 0 Å². The monoisotopic (exact) mass is 249 g/mol. The van der Waals surface area contributed by atoms with Crippen LogP contribution in [0.25, 0.3) is 0 Å². The Morgan fingerprint density at radius 3 is 2.39 bits per heavy atom. The molecule has 1 amide bonds. The molecule has 96 valence electrons. The zero-order valence-electron chi connectivity index (χ0n) is 10.0. The van der Waals surface area contributed by atoms with Crippen molar-refractivity contribution in [3.05, 3.63) is 40.3 Å². The summed E-state index contributed by atoms with van der Waals surface area (Å²) in [5, 5.41) is 2.37. The summed E-state index contributed by atoms with van der Waals surface area (Å²) in [7, 11) is 0. The van der Waals surface area contributed by atoms with Gasteiger partial charge in [0.2, 0.25) is 0 Å². The van der Waals surface area contributed by atoms with Gasteiger partial charge in [0.15, 0.2) is 6.29 Å². The molecule has 1 fully saturated rings. The van der Waals surface area contributed by atoms with Crippen molar-refractivity contribution in [2.24, 2.45) is 5.18 Å². The lowest BCUT2D eigenvalue weighted by molar-refractivity contribution is -0.117. The van der Waals surface area contributed by atoms with Crippen molar-refractivity contribution in [3.8, 4) is 0 Å². The van der Waals surface area contributed by atoms with E-state index in [1.165, 1.54) is 0 Å². The number of nitroso groups, excluding NO2 is 1. The number of hydrogen-bond donors (Lipinski definition) is 0. The van der Waals surface area contributed by atoms with Crippen LogP contribution in [0.5, 0.6) is 0 Å². The molecule has 0 radical (unpaired) electrons. The van der Waals surface area contributed by atoms with E-state index in [1.807, 2.05) is 24.3 Å². The van der Waals surface area contributed by atoms with Gasteiger partial charge >= 0.3 is 0 Å². The van der Waals surface area contributed by atoms with Crippen LogP contribution in [0, 0.1) is 4.91 Å². The van der Waals surface area contributed by atoms with Gasteiger partial charge in [-0.1, -0.05) is 24.3 Å². The summed E-state index contributed by atoms with van der Waals surface area (Å²) >= 11 is 0. The molecule has 0 aromatic heterocycles. The molecule has 1 heterocycles. The Labute approximate surface area is 105 Å². The molecule has 1 aliphatic rings. The summed E-state index contributed by atoms with van der Waals surface area (Å²) < 4.78 is 10.7. The topological polar surface area (TPSA) is 65.0 Å². The molecule has 1 saturated heterocycles. The molecule has 5 heteroatoms. The third-order valence-corrected chi connectivity index (χ3v) is 2.85. The number of nitrogens with zero attached hydrogens (tertiary/aromatic N) is 1. The molecule has 1 aromatic carbocycles. The van der Waals surface area contributed by atoms with E-state index >= 15 is 0 Å². The number of carbonyl (C=O) groups excluding carboxylic acids is 1. The Kier molecular flexibility index (Phi) is 4.55. The molecule has 0 spiro atoms. The molecule has 0 atom stereocenters. The van der Waals surface area contributed by atoms with Gasteiger partial charge in [-0.05, 0) is 17.5 Å². The molecule has 0 saturated carbocycles. The van der Waals surface area contributed by atoms with Gasteiger partial charge in [0.05, 0.1) is 13.2 Å². The Morgan fingerprint density at radius 2 is 1.78 bits per heavy atom. The van der Waals surface area contributed by atoms with Gasteiger partial charge in [-0.3, -0.25) is 4.79 Å². The third-order valence-electron chi connectivity index (χ3n) is 2.85. The molecule has 2 rings (SSSR count). The second-order valence-electron chi connectivity index (χ2n) is 4.18. The molecular formula is C13H15NO4. The van der Waals surface area contributed by atoms with E-state index < -0.39 is 5.91 Å². The van der Waals surface area contributed by atoms with E-state index in [1.54, 1.807) is 0 Å². The largest absolute Gasteiger partial charge is 0.350 e. The highest BCUT2D eigenvalue weighted by molar-refractivity contribution is 5.76. The Bertz CT molecular complexity index is 410. The molecule has 0 N–H and O–H groups in total. The second-order valence-corrected chi connectivity index (χ2v) is 4.18. The normalized spacial score (nSPS) is 15.8. The van der Waals surface area contributed by atoms with E-state index in [-0.39, 0.29) is 12.7 Å². The van der Waals surface area contributed by atoms with Gasteiger partial charge in [0.25, 0.3) is 5.91 Å². The van der Waals surface area contributed by atoms with Gasteiger partial charge in [-0.2, -0.15) is 0 Å². The van der Waals surface area contributed by atoms with E-state index in [4.69, 9.17) is 9.47 Å². The lowest BCUT2D eigenvalue weighted by Gasteiger charge is -2.09. The minimum Gasteiger partial charge on any atom is -0.350 e. The zero-order chi connectivity index (χ0) is 12.8. The first-order valence-electron chi connectivity index (χ1n) is 5.95. The predicted octanol–water partition coefficient (Wildman–Crippen LogP) is 1.83. The van der Waals surface area contributed by atoms with Crippen LogP contribution in [0.1, 0.15) is 17.5 Å². The molecule has 0 unspecified atom stereocenters. The van der Waals surface area contributed by atoms with Crippen LogP contribution in [0.4, 0.5) is 0 Å². The number of rotatable bonds is 5. The van der Waals surface area contributed by atoms with Gasteiger partial charge < -0.3 is 9.47 Å². The fourth-order valence-electron chi connectivity index (χ4n) is 1.86. The minimum absolute atomic E-state index is 0.142. The van der Waals surface area contributed by atoms with Crippen molar-refractivity contribution in [2.75, 3.05) is 13.2 Å². The highest BCUT2D eigenvalue weighted by Gasteiger charge is 2.16. The molecule has 1 aromatic rings. The van der Waals surface area contributed by atoms with Crippen LogP contribution in [0.2, 0.25) is 0 Å². The first-order valence-corrected chi connectivity index (χ1v) is 5.95. The Hall–Kier alpha value is -1.59. The molecular weight excluding hydrogens is 234 g/mol. The summed E-state index contributed by atoms with van der Waals surface area (Å²) in [5.41, 5.74) is 2.15. The van der Waals surface area contributed by atoms with Crippen LogP contribution in [0.3, 0.4) is 0 Å². The summed E-state index contributed by atoms with van der Waals surface area (Å²) in [6.45, 7) is 1.31. The predicted molar refractivity (Wildman–Crippen MR) is 65.0 cm³/mol. The number of carbonyl (C=O) groups is 1. The van der Waals surface area contributed by atoms with Crippen molar-refractivity contribution < 1.29 is 14.3 Å². The first kappa shape index (κ1) is 12.9. The SMILES string of the molecule is O=NC(=O)CCc1ccc(CC2OCCO2)cc1. The summed E-state index contributed by atoms with van der Waals surface area (Å²) in [6.07, 6.45) is 1.30. The first-order chi connectivity index (χ1) is 8.78. The number of ether oxygens (including phenoxy) is 2. The maximum Gasteiger partial charge on any atom is 0.286 e. The smallest absolute Gasteiger partial charge is 0.286 e. The van der Waals surface area contributed by atoms with E-state index in [0.717, 1.165) is 17.5 Å². The maximum atomic E-state index is 10.8. The van der Waals surface area contributed by atoms with Gasteiger partial charge in [-0.15, -0.1) is 4.91 Å². The van der Waals surface area contributed by atoms with Gasteiger partial charge in [0.1, 0.15) is 0 Å². The number of benzene rings is 1. The van der Waals surface area contributed by atoms with Crippen molar-refractivity contribution in [1.29, 1.82) is 0 Å². The minimum atomic E-state index is -0.605. The zero-order valence-corrected chi connectivity index (χ0v) is 10.0. The van der Waals surface area contributed by atoms with Crippen molar-refractivity contribution >= 4 is 5.91 Å². The molecule has 18 heavy (non-hydrogen) atoms. The fraction of sp³-hybridized carbons (Fsp3) is 0.462. The van der Waals surface area contributed by atoms with Crippen molar-refractivity contribution in [2.45, 2.75) is 25.6 Å². The molecule has 5 nitrogen and oxygen atoms in total. The van der Waals surface area contributed by atoms with Crippen LogP contribution in [0.15, 0.2) is 29.4 Å². The maximum absolute atomic E-state index is 10.8. The number of aryl methyl sites for hydroxylation is 1. The van der Waals surface area contributed by atoms with Gasteiger partial charge in [0, 0.05) is 18.0 Å². The van der Waals surface area contributed by atoms with Crippen molar-refractivity contribution in [1.82, 2.24) is 0 Å². The van der Waals surface area contributed by atoms with Crippen LogP contribution in [-0.2, 0) is 27.1 Å². The average molecular weight is 249 g/mol. The highest BCUT2D eigenvalue weighted by Crippen LogP contribution is 2.13. The van der Waals surface area contributed by atoms with Crippen molar-refractivity contribution in [3.63, 3.8) is 0 Å². The van der Waals surface area contributed by atoms with Crippen LogP contribution in [-0.4, -0.2) is 25.4 Å². The third kappa shape index (κ3) is 3.72. The molecule has 0 bridgehead atoms. The van der Waals surface area contributed by atoms with Crippen LogP contribution >= 0.6 is 0 Å². The summed E-state index contributed by atoms with van der Waals surface area (Å²) in [5.74, 6) is -0.605. The molecule has 0 aliphatic carbocycles. The highest BCUT2D eigenvalue weighted by atomic mass is 16.7. The second kappa shape index (κ2) is 6.37. The van der Waals surface area contributed by atoms with E-state index in [2.05, 4.69) is 5.18 Å². The number of hydrogen-bond acceptors (Lipinski definition) is 4. The lowest BCUT2D eigenvalue weighted by Crippen LogP contribution is -2.11.